The molecule has 16 heavy (non-hydrogen) atoms. The molecule has 3 rings (SSSR count). The molecule has 0 saturated carbocycles. The zero-order chi connectivity index (χ0) is 11.0. The van der Waals surface area contributed by atoms with Crippen molar-refractivity contribution < 1.29 is 4.39 Å². The summed E-state index contributed by atoms with van der Waals surface area (Å²) in [6.07, 6.45) is 0. The van der Waals surface area contributed by atoms with Gasteiger partial charge in [0.05, 0.1) is 0 Å². The first-order valence-electron chi connectivity index (χ1n) is 5.10. The summed E-state index contributed by atoms with van der Waals surface area (Å²) in [6, 6.07) is 17.2. The molecule has 1 heterocycles. The molecular formula is C14H10FS+. The van der Waals surface area contributed by atoms with Crippen LogP contribution >= 0.6 is 10.5 Å². The average molecular weight is 229 g/mol. The van der Waals surface area contributed by atoms with E-state index in [-0.39, 0.29) is 16.3 Å². The van der Waals surface area contributed by atoms with Crippen LogP contribution < -0.4 is 0 Å². The molecule has 1 unspecified atom stereocenters. The molecule has 0 spiro atoms. The minimum atomic E-state index is -0.164. The lowest BCUT2D eigenvalue weighted by atomic mass is 10.3. The fourth-order valence-corrected chi connectivity index (χ4v) is 3.76. The maximum Gasteiger partial charge on any atom is 0.186 e. The minimum absolute atomic E-state index is 0.0965. The maximum absolute atomic E-state index is 13.2. The quantitative estimate of drug-likeness (QED) is 0.530. The van der Waals surface area contributed by atoms with Crippen molar-refractivity contribution in [3.8, 4) is 4.90 Å². The van der Waals surface area contributed by atoms with Crippen LogP contribution in [0.25, 0.3) is 15.0 Å². The molecule has 2 aromatic carbocycles. The molecule has 0 radical (unpaired) electrons. The van der Waals surface area contributed by atoms with Crippen molar-refractivity contribution in [3.05, 3.63) is 65.8 Å². The minimum Gasteiger partial charge on any atom is -0.207 e. The van der Waals surface area contributed by atoms with Crippen LogP contribution in [-0.4, -0.2) is 0 Å². The summed E-state index contributed by atoms with van der Waals surface area (Å²) < 4.78 is 14.5. The topological polar surface area (TPSA) is 0 Å². The molecule has 0 N–H and O–H groups in total. The van der Waals surface area contributed by atoms with Gasteiger partial charge in [0.2, 0.25) is 0 Å². The second-order valence-electron chi connectivity index (χ2n) is 3.64. The van der Waals surface area contributed by atoms with Gasteiger partial charge in [0, 0.05) is 28.0 Å². The summed E-state index contributed by atoms with van der Waals surface area (Å²) >= 11 is 0. The lowest BCUT2D eigenvalue weighted by Gasteiger charge is -1.91. The number of benzene rings is 2. The van der Waals surface area contributed by atoms with E-state index < -0.39 is 0 Å². The van der Waals surface area contributed by atoms with Gasteiger partial charge in [0.25, 0.3) is 0 Å². The molecule has 2 heteroatoms. The first-order chi connectivity index (χ1) is 7.84. The summed E-state index contributed by atoms with van der Waals surface area (Å²) in [7, 11) is -0.0965. The first-order valence-corrected chi connectivity index (χ1v) is 6.39. The number of thiophene rings is 1. The van der Waals surface area contributed by atoms with Gasteiger partial charge in [-0.05, 0) is 24.3 Å². The Labute approximate surface area is 95.9 Å². The second kappa shape index (κ2) is 3.72. The van der Waals surface area contributed by atoms with E-state index in [2.05, 4.69) is 23.6 Å². The number of hydrogen-bond acceptors (Lipinski definition) is 0. The van der Waals surface area contributed by atoms with E-state index in [0.717, 1.165) is 4.90 Å². The zero-order valence-electron chi connectivity index (χ0n) is 8.56. The van der Waals surface area contributed by atoms with Crippen LogP contribution in [0.3, 0.4) is 0 Å². The Bertz CT molecular complexity index is 640. The first kappa shape index (κ1) is 9.55. The third-order valence-electron chi connectivity index (χ3n) is 2.59. The second-order valence-corrected chi connectivity index (χ2v) is 5.49. The third-order valence-corrected chi connectivity index (χ3v) is 4.61. The van der Waals surface area contributed by atoms with Crippen LogP contribution in [0.5, 0.6) is 0 Å². The van der Waals surface area contributed by atoms with Crippen LogP contribution in [0, 0.1) is 5.82 Å². The summed E-state index contributed by atoms with van der Waals surface area (Å²) in [5.41, 5.74) is 0. The molecule has 78 valence electrons. The van der Waals surface area contributed by atoms with Crippen molar-refractivity contribution in [3.63, 3.8) is 0 Å². The van der Waals surface area contributed by atoms with Crippen LogP contribution in [0.2, 0.25) is 0 Å². The number of hydrogen-bond donors (Lipinski definition) is 0. The molecule has 1 aromatic heterocycles. The van der Waals surface area contributed by atoms with Crippen molar-refractivity contribution in [1.82, 2.24) is 0 Å². The highest BCUT2D eigenvalue weighted by atomic mass is 32.2. The van der Waals surface area contributed by atoms with Gasteiger partial charge in [0.1, 0.15) is 11.2 Å². The lowest BCUT2D eigenvalue weighted by Crippen LogP contribution is -1.73. The highest BCUT2D eigenvalue weighted by Crippen LogP contribution is 2.39. The van der Waals surface area contributed by atoms with Crippen molar-refractivity contribution in [2.45, 2.75) is 0 Å². The van der Waals surface area contributed by atoms with Gasteiger partial charge < -0.3 is 0 Å². The van der Waals surface area contributed by atoms with Gasteiger partial charge in [-0.3, -0.25) is 0 Å². The van der Waals surface area contributed by atoms with Crippen LogP contribution in [0.15, 0.2) is 60.0 Å². The van der Waals surface area contributed by atoms with Crippen molar-refractivity contribution in [1.29, 1.82) is 0 Å². The van der Waals surface area contributed by atoms with Gasteiger partial charge in [-0.15, -0.1) is 0 Å². The average Bonchev–Trinajstić information content (AvgIpc) is 2.72. The standard InChI is InChI=1S/C14H10FS/c15-12-5-3-6-13(10-12)16-9-8-11-4-1-2-7-14(11)16/h1-10H/q+1. The monoisotopic (exact) mass is 229 g/mol. The lowest BCUT2D eigenvalue weighted by molar-refractivity contribution is 0.629. The van der Waals surface area contributed by atoms with E-state index in [4.69, 9.17) is 0 Å². The molecule has 0 aliphatic heterocycles. The molecule has 0 bridgehead atoms. The molecule has 1 atom stereocenters. The van der Waals surface area contributed by atoms with E-state index in [1.807, 2.05) is 18.2 Å². The number of fused-ring (bicyclic) bond motifs is 1. The molecule has 0 aliphatic carbocycles. The van der Waals surface area contributed by atoms with Crippen molar-refractivity contribution >= 4 is 20.6 Å². The molecule has 0 saturated heterocycles. The highest BCUT2D eigenvalue weighted by Gasteiger charge is 2.14. The molecular weight excluding hydrogens is 219 g/mol. The third kappa shape index (κ3) is 1.51. The Morgan fingerprint density at radius 1 is 0.875 bits per heavy atom. The Kier molecular flexibility index (Phi) is 2.22. The van der Waals surface area contributed by atoms with E-state index in [1.165, 1.54) is 16.2 Å². The smallest absolute Gasteiger partial charge is 0.186 e. The number of halogens is 1. The SMILES string of the molecule is Fc1cccc(-[s+]2ccc3ccccc32)c1. The summed E-state index contributed by atoms with van der Waals surface area (Å²) in [5, 5.41) is 3.40. The van der Waals surface area contributed by atoms with Crippen LogP contribution in [0.4, 0.5) is 4.39 Å². The van der Waals surface area contributed by atoms with Gasteiger partial charge in [0.15, 0.2) is 9.60 Å². The molecule has 0 fully saturated rings. The van der Waals surface area contributed by atoms with Gasteiger partial charge in [-0.2, -0.15) is 0 Å². The highest BCUT2D eigenvalue weighted by molar-refractivity contribution is 7.43. The van der Waals surface area contributed by atoms with Crippen LogP contribution in [0.1, 0.15) is 0 Å². The summed E-state index contributed by atoms with van der Waals surface area (Å²) in [4.78, 5) is 1.04. The van der Waals surface area contributed by atoms with E-state index in [9.17, 15) is 4.39 Å². The number of rotatable bonds is 1. The van der Waals surface area contributed by atoms with E-state index in [0.29, 0.717) is 0 Å². The van der Waals surface area contributed by atoms with Crippen LogP contribution in [-0.2, 0) is 0 Å². The predicted octanol–water partition coefficient (Wildman–Crippen LogP) is 4.72. The zero-order valence-corrected chi connectivity index (χ0v) is 9.38. The Hall–Kier alpha value is -1.67. The van der Waals surface area contributed by atoms with E-state index in [1.54, 1.807) is 12.1 Å². The molecule has 0 amide bonds. The molecule has 0 nitrogen and oxygen atoms in total. The molecule has 0 aliphatic rings. The summed E-state index contributed by atoms with van der Waals surface area (Å²) in [6.45, 7) is 0. The Morgan fingerprint density at radius 3 is 2.62 bits per heavy atom. The van der Waals surface area contributed by atoms with Gasteiger partial charge in [-0.25, -0.2) is 4.39 Å². The van der Waals surface area contributed by atoms with Crippen molar-refractivity contribution in [2.24, 2.45) is 0 Å². The normalized spacial score (nSPS) is 11.9. The fraction of sp³-hybridized carbons (Fsp3) is 0. The fourth-order valence-electron chi connectivity index (χ4n) is 1.84. The molecule has 3 aromatic rings. The van der Waals surface area contributed by atoms with E-state index >= 15 is 0 Å². The van der Waals surface area contributed by atoms with Gasteiger partial charge in [-0.1, -0.05) is 18.2 Å². The Morgan fingerprint density at radius 2 is 1.75 bits per heavy atom. The maximum atomic E-state index is 13.2. The summed E-state index contributed by atoms with van der Waals surface area (Å²) in [5.74, 6) is -0.164. The Balaban J connectivity index is 2.26. The largest absolute Gasteiger partial charge is 0.207 e. The predicted molar refractivity (Wildman–Crippen MR) is 67.7 cm³/mol. The van der Waals surface area contributed by atoms with Crippen molar-refractivity contribution in [2.75, 3.05) is 0 Å². The van der Waals surface area contributed by atoms with Gasteiger partial charge >= 0.3 is 0 Å².